The lowest BCUT2D eigenvalue weighted by Gasteiger charge is -1.94. The van der Waals surface area contributed by atoms with Crippen LogP contribution >= 0.6 is 11.3 Å². The monoisotopic (exact) mass is 157 g/mol. The molecule has 0 aromatic carbocycles. The molecule has 0 aliphatic carbocycles. The molecular formula is C6H7NO2S. The third kappa shape index (κ3) is 1.11. The largest absolute Gasteiger partial charge is 0.478 e. The van der Waals surface area contributed by atoms with Gasteiger partial charge in [0.2, 0.25) is 0 Å². The van der Waals surface area contributed by atoms with Gasteiger partial charge in [0.25, 0.3) is 0 Å². The van der Waals surface area contributed by atoms with Crippen LogP contribution in [-0.2, 0) is 0 Å². The van der Waals surface area contributed by atoms with Gasteiger partial charge in [-0.15, -0.1) is 11.3 Å². The highest BCUT2D eigenvalue weighted by atomic mass is 32.1. The van der Waals surface area contributed by atoms with Gasteiger partial charge >= 0.3 is 5.97 Å². The van der Waals surface area contributed by atoms with Gasteiger partial charge in [-0.25, -0.2) is 4.79 Å². The predicted octanol–water partition coefficient (Wildman–Crippen LogP) is 1.49. The van der Waals surface area contributed by atoms with E-state index in [0.29, 0.717) is 10.6 Å². The fourth-order valence-electron chi connectivity index (χ4n) is 0.671. The molecule has 0 aliphatic heterocycles. The van der Waals surface area contributed by atoms with E-state index in [4.69, 9.17) is 5.11 Å². The number of carboxylic acid groups (broad SMARTS) is 1. The van der Waals surface area contributed by atoms with Gasteiger partial charge in [-0.2, -0.15) is 0 Å². The van der Waals surface area contributed by atoms with Crippen LogP contribution in [0.4, 0.5) is 5.00 Å². The third-order valence-electron chi connectivity index (χ3n) is 1.12. The average molecular weight is 157 g/mol. The van der Waals surface area contributed by atoms with Crippen molar-refractivity contribution in [2.75, 3.05) is 12.4 Å². The Kier molecular flexibility index (Phi) is 1.91. The molecular weight excluding hydrogens is 150 g/mol. The molecule has 1 aromatic rings. The molecule has 0 radical (unpaired) electrons. The van der Waals surface area contributed by atoms with Gasteiger partial charge in [-0.05, 0) is 11.4 Å². The molecule has 0 bridgehead atoms. The molecule has 1 aromatic heterocycles. The minimum Gasteiger partial charge on any atom is -0.478 e. The zero-order valence-corrected chi connectivity index (χ0v) is 6.23. The second-order valence-corrected chi connectivity index (χ2v) is 2.63. The molecule has 0 unspecified atom stereocenters. The zero-order valence-electron chi connectivity index (χ0n) is 5.42. The van der Waals surface area contributed by atoms with Crippen LogP contribution in [0.1, 0.15) is 10.4 Å². The van der Waals surface area contributed by atoms with Crippen LogP contribution in [0.25, 0.3) is 0 Å². The molecule has 10 heavy (non-hydrogen) atoms. The Morgan fingerprint density at radius 1 is 1.80 bits per heavy atom. The molecule has 1 heterocycles. The molecule has 0 saturated carbocycles. The van der Waals surface area contributed by atoms with Crippen LogP contribution < -0.4 is 5.32 Å². The van der Waals surface area contributed by atoms with E-state index >= 15 is 0 Å². The predicted molar refractivity (Wildman–Crippen MR) is 40.8 cm³/mol. The number of nitrogens with one attached hydrogen (secondary N) is 1. The quantitative estimate of drug-likeness (QED) is 0.683. The van der Waals surface area contributed by atoms with Gasteiger partial charge < -0.3 is 10.4 Å². The summed E-state index contributed by atoms with van der Waals surface area (Å²) in [5, 5.41) is 13.8. The van der Waals surface area contributed by atoms with E-state index in [1.165, 1.54) is 11.3 Å². The molecule has 3 nitrogen and oxygen atoms in total. The first-order valence-electron chi connectivity index (χ1n) is 2.74. The highest BCUT2D eigenvalue weighted by molar-refractivity contribution is 7.14. The Balaban J connectivity index is 3.01. The van der Waals surface area contributed by atoms with Gasteiger partial charge in [0.05, 0.1) is 5.56 Å². The van der Waals surface area contributed by atoms with Crippen molar-refractivity contribution in [1.29, 1.82) is 0 Å². The number of carboxylic acids is 1. The lowest BCUT2D eigenvalue weighted by molar-refractivity contribution is 0.0698. The summed E-state index contributed by atoms with van der Waals surface area (Å²) in [7, 11) is 1.71. The van der Waals surface area contributed by atoms with Crippen LogP contribution in [-0.4, -0.2) is 18.1 Å². The number of aromatic carboxylic acids is 1. The van der Waals surface area contributed by atoms with Gasteiger partial charge in [0.1, 0.15) is 5.00 Å². The van der Waals surface area contributed by atoms with Crippen molar-refractivity contribution in [1.82, 2.24) is 0 Å². The fourth-order valence-corrected chi connectivity index (χ4v) is 1.41. The van der Waals surface area contributed by atoms with E-state index < -0.39 is 5.97 Å². The van der Waals surface area contributed by atoms with E-state index in [1.807, 2.05) is 0 Å². The first-order valence-corrected chi connectivity index (χ1v) is 3.62. The van der Waals surface area contributed by atoms with Crippen molar-refractivity contribution >= 4 is 22.3 Å². The van der Waals surface area contributed by atoms with E-state index in [1.54, 1.807) is 18.5 Å². The van der Waals surface area contributed by atoms with Crippen molar-refractivity contribution in [2.24, 2.45) is 0 Å². The maximum absolute atomic E-state index is 10.4. The minimum atomic E-state index is -0.884. The first-order chi connectivity index (χ1) is 4.75. The number of hydrogen-bond donors (Lipinski definition) is 2. The first kappa shape index (κ1) is 7.08. The standard InChI is InChI=1S/C6H7NO2S/c1-7-5-4(6(8)9)2-3-10-5/h2-3,7H,1H3,(H,8,9). The number of anilines is 1. The van der Waals surface area contributed by atoms with Gasteiger partial charge in [-0.3, -0.25) is 0 Å². The number of rotatable bonds is 2. The molecule has 0 amide bonds. The SMILES string of the molecule is CNc1sccc1C(=O)O. The third-order valence-corrected chi connectivity index (χ3v) is 2.05. The van der Waals surface area contributed by atoms with Crippen molar-refractivity contribution in [2.45, 2.75) is 0 Å². The van der Waals surface area contributed by atoms with Crippen LogP contribution in [0.2, 0.25) is 0 Å². The molecule has 1 rings (SSSR count). The maximum atomic E-state index is 10.4. The normalized spacial score (nSPS) is 9.30. The summed E-state index contributed by atoms with van der Waals surface area (Å²) in [6.07, 6.45) is 0. The van der Waals surface area contributed by atoms with Crippen molar-refractivity contribution in [3.8, 4) is 0 Å². The maximum Gasteiger partial charge on any atom is 0.338 e. The van der Waals surface area contributed by atoms with Crippen LogP contribution in [0.15, 0.2) is 11.4 Å². The summed E-state index contributed by atoms with van der Waals surface area (Å²) in [5.74, 6) is -0.884. The van der Waals surface area contributed by atoms with E-state index in [0.717, 1.165) is 0 Å². The lowest BCUT2D eigenvalue weighted by Crippen LogP contribution is -1.97. The van der Waals surface area contributed by atoms with Gasteiger partial charge in [-0.1, -0.05) is 0 Å². The van der Waals surface area contributed by atoms with Gasteiger partial charge in [0.15, 0.2) is 0 Å². The number of carbonyl (C=O) groups is 1. The highest BCUT2D eigenvalue weighted by Gasteiger charge is 2.08. The summed E-state index contributed by atoms with van der Waals surface area (Å²) in [6.45, 7) is 0. The number of thiophene rings is 1. The highest BCUT2D eigenvalue weighted by Crippen LogP contribution is 2.21. The van der Waals surface area contributed by atoms with Crippen molar-refractivity contribution in [3.05, 3.63) is 17.0 Å². The minimum absolute atomic E-state index is 0.340. The molecule has 0 atom stereocenters. The fraction of sp³-hybridized carbons (Fsp3) is 0.167. The summed E-state index contributed by atoms with van der Waals surface area (Å²) >= 11 is 1.39. The topological polar surface area (TPSA) is 49.3 Å². The Morgan fingerprint density at radius 3 is 2.90 bits per heavy atom. The van der Waals surface area contributed by atoms with Crippen LogP contribution in [0, 0.1) is 0 Å². The zero-order chi connectivity index (χ0) is 7.56. The van der Waals surface area contributed by atoms with Gasteiger partial charge in [0, 0.05) is 7.05 Å². The molecule has 0 saturated heterocycles. The van der Waals surface area contributed by atoms with E-state index in [2.05, 4.69) is 5.32 Å². The second-order valence-electron chi connectivity index (χ2n) is 1.72. The molecule has 54 valence electrons. The lowest BCUT2D eigenvalue weighted by atomic mass is 10.3. The molecule has 4 heteroatoms. The molecule has 0 spiro atoms. The Morgan fingerprint density at radius 2 is 2.50 bits per heavy atom. The van der Waals surface area contributed by atoms with Crippen LogP contribution in [0.3, 0.4) is 0 Å². The Hall–Kier alpha value is -1.03. The summed E-state index contributed by atoms with van der Waals surface area (Å²) in [5.41, 5.74) is 0.340. The van der Waals surface area contributed by atoms with Crippen molar-refractivity contribution < 1.29 is 9.90 Å². The summed E-state index contributed by atoms with van der Waals surface area (Å²) < 4.78 is 0. The Bertz CT molecular complexity index is 244. The average Bonchev–Trinajstić information content (AvgIpc) is 2.33. The van der Waals surface area contributed by atoms with Crippen molar-refractivity contribution in [3.63, 3.8) is 0 Å². The van der Waals surface area contributed by atoms with E-state index in [-0.39, 0.29) is 0 Å². The summed E-state index contributed by atoms with van der Waals surface area (Å²) in [6, 6.07) is 1.58. The molecule has 0 fully saturated rings. The van der Waals surface area contributed by atoms with E-state index in [9.17, 15) is 4.79 Å². The smallest absolute Gasteiger partial charge is 0.338 e. The summed E-state index contributed by atoms with van der Waals surface area (Å²) in [4.78, 5) is 10.4. The Labute approximate surface area is 62.3 Å². The van der Waals surface area contributed by atoms with Crippen LogP contribution in [0.5, 0.6) is 0 Å². The molecule has 0 aliphatic rings. The molecule has 2 N–H and O–H groups in total. The number of hydrogen-bond acceptors (Lipinski definition) is 3. The second kappa shape index (κ2) is 2.70.